The molecule has 0 atom stereocenters. The Morgan fingerprint density at radius 2 is 1.71 bits per heavy atom. The van der Waals surface area contributed by atoms with Crippen molar-refractivity contribution in [3.05, 3.63) is 107 Å². The second-order valence-electron chi connectivity index (χ2n) is 9.88. The second kappa shape index (κ2) is 9.19. The van der Waals surface area contributed by atoms with Crippen LogP contribution in [0.15, 0.2) is 85.1 Å². The number of hydrogen-bond donors (Lipinski definition) is 1. The molecule has 4 aromatic carbocycles. The zero-order chi connectivity index (χ0) is 25.6. The van der Waals surface area contributed by atoms with Gasteiger partial charge in [-0.1, -0.05) is 66.7 Å². The summed E-state index contributed by atoms with van der Waals surface area (Å²) in [5.41, 5.74) is 9.30. The van der Waals surface area contributed by atoms with Gasteiger partial charge in [-0.2, -0.15) is 4.57 Å². The number of aliphatic hydroxyl groups excluding tert-OH is 1. The van der Waals surface area contributed by atoms with Crippen molar-refractivity contribution in [1.82, 2.24) is 0 Å². The second-order valence-corrected chi connectivity index (χ2v) is 9.88. The van der Waals surface area contributed by atoms with E-state index in [4.69, 9.17) is 14.2 Å². The van der Waals surface area contributed by atoms with Crippen molar-refractivity contribution >= 4 is 10.8 Å². The minimum absolute atomic E-state index is 0.0552. The third-order valence-corrected chi connectivity index (χ3v) is 7.73. The smallest absolute Gasteiger partial charge is 0.231 e. The predicted molar refractivity (Wildman–Crippen MR) is 147 cm³/mol. The Hall–Kier alpha value is -4.35. The minimum Gasteiger partial charge on any atom is -0.495 e. The van der Waals surface area contributed by atoms with Gasteiger partial charge in [0, 0.05) is 23.6 Å². The van der Waals surface area contributed by atoms with Crippen molar-refractivity contribution in [1.29, 1.82) is 0 Å². The molecule has 1 N–H and O–H groups in total. The summed E-state index contributed by atoms with van der Waals surface area (Å²) in [6.45, 7) is 1.03. The van der Waals surface area contributed by atoms with Crippen molar-refractivity contribution in [2.75, 3.05) is 13.9 Å². The average Bonchev–Trinajstić information content (AvgIpc) is 3.45. The summed E-state index contributed by atoms with van der Waals surface area (Å²) in [6.07, 6.45) is 3.81. The van der Waals surface area contributed by atoms with E-state index in [1.165, 1.54) is 33.4 Å². The van der Waals surface area contributed by atoms with E-state index in [0.717, 1.165) is 58.7 Å². The zero-order valence-corrected chi connectivity index (χ0v) is 21.2. The number of aryl methyl sites for hydroxylation is 1. The van der Waals surface area contributed by atoms with Crippen LogP contribution in [0.2, 0.25) is 0 Å². The van der Waals surface area contributed by atoms with Crippen LogP contribution < -0.4 is 18.8 Å². The molecule has 3 heterocycles. The molecule has 0 saturated carbocycles. The number of nitrogens with zero attached hydrogens (tertiary/aromatic N) is 1. The number of fused-ring (bicyclic) bond motifs is 6. The van der Waals surface area contributed by atoms with Gasteiger partial charge in [0.05, 0.1) is 24.7 Å². The predicted octanol–water partition coefficient (Wildman–Crippen LogP) is 5.84. The molecule has 2 aliphatic heterocycles. The Kier molecular flexibility index (Phi) is 5.52. The molecule has 0 fully saturated rings. The maximum absolute atomic E-state index is 9.81. The van der Waals surface area contributed by atoms with Crippen LogP contribution in [0.3, 0.4) is 0 Å². The average molecular weight is 503 g/mol. The molecular weight excluding hydrogens is 474 g/mol. The van der Waals surface area contributed by atoms with E-state index >= 15 is 0 Å². The molecule has 5 aromatic rings. The zero-order valence-electron chi connectivity index (χ0n) is 21.2. The molecule has 0 bridgehead atoms. The minimum atomic E-state index is -0.0552. The highest BCUT2D eigenvalue weighted by atomic mass is 16.7. The molecule has 0 aliphatic carbocycles. The first-order chi connectivity index (χ1) is 18.7. The Labute approximate surface area is 221 Å². The van der Waals surface area contributed by atoms with Gasteiger partial charge in [0.15, 0.2) is 24.2 Å². The molecule has 188 valence electrons. The first kappa shape index (κ1) is 22.8. The van der Waals surface area contributed by atoms with Gasteiger partial charge in [0.25, 0.3) is 0 Å². The molecule has 38 heavy (non-hydrogen) atoms. The van der Waals surface area contributed by atoms with Gasteiger partial charge < -0.3 is 19.3 Å². The normalized spacial score (nSPS) is 13.3. The van der Waals surface area contributed by atoms with Crippen LogP contribution in [-0.2, 0) is 26.0 Å². The lowest BCUT2D eigenvalue weighted by atomic mass is 9.87. The third-order valence-electron chi connectivity index (χ3n) is 7.73. The van der Waals surface area contributed by atoms with Gasteiger partial charge in [-0.05, 0) is 40.1 Å². The molecule has 0 spiro atoms. The summed E-state index contributed by atoms with van der Waals surface area (Å²) < 4.78 is 19.8. The van der Waals surface area contributed by atoms with E-state index < -0.39 is 0 Å². The third kappa shape index (κ3) is 3.70. The van der Waals surface area contributed by atoms with E-state index in [-0.39, 0.29) is 13.4 Å². The summed E-state index contributed by atoms with van der Waals surface area (Å²) in [7, 11) is 1.66. The molecule has 5 nitrogen and oxygen atoms in total. The van der Waals surface area contributed by atoms with E-state index in [9.17, 15) is 5.11 Å². The topological polar surface area (TPSA) is 51.8 Å². The SMILES string of the molecule is COc1c(CO)ccc2cc3[n+](cc12)CCc1c2c(cc(Cc4ccc(-c5ccccc5)cc4)c1-3)OCO2. The largest absolute Gasteiger partial charge is 0.495 e. The summed E-state index contributed by atoms with van der Waals surface area (Å²) in [4.78, 5) is 0. The molecule has 0 saturated heterocycles. The fourth-order valence-corrected chi connectivity index (χ4v) is 5.91. The number of aliphatic hydroxyl groups is 1. The lowest BCUT2D eigenvalue weighted by Gasteiger charge is -2.21. The maximum Gasteiger partial charge on any atom is 0.231 e. The maximum atomic E-state index is 9.81. The highest BCUT2D eigenvalue weighted by molar-refractivity contribution is 5.91. The van der Waals surface area contributed by atoms with Crippen molar-refractivity contribution in [3.8, 4) is 39.6 Å². The molecule has 2 aliphatic rings. The molecule has 5 heteroatoms. The van der Waals surface area contributed by atoms with Crippen LogP contribution in [0.5, 0.6) is 17.2 Å². The number of pyridine rings is 1. The van der Waals surface area contributed by atoms with Crippen LogP contribution in [0.4, 0.5) is 0 Å². The summed E-state index contributed by atoms with van der Waals surface area (Å²) in [5, 5.41) is 11.9. The van der Waals surface area contributed by atoms with Gasteiger partial charge in [0.1, 0.15) is 5.75 Å². The van der Waals surface area contributed by atoms with Crippen LogP contribution in [0.1, 0.15) is 22.3 Å². The van der Waals surface area contributed by atoms with E-state index in [2.05, 4.69) is 77.5 Å². The lowest BCUT2D eigenvalue weighted by molar-refractivity contribution is -0.686. The van der Waals surface area contributed by atoms with Crippen molar-refractivity contribution in [2.24, 2.45) is 0 Å². The summed E-state index contributed by atoms with van der Waals surface area (Å²) in [5.74, 6) is 2.45. The van der Waals surface area contributed by atoms with Crippen LogP contribution in [-0.4, -0.2) is 19.0 Å². The Morgan fingerprint density at radius 3 is 2.50 bits per heavy atom. The molecule has 0 radical (unpaired) electrons. The fraction of sp³-hybridized carbons (Fsp3) is 0.182. The Morgan fingerprint density at radius 1 is 0.895 bits per heavy atom. The van der Waals surface area contributed by atoms with Crippen LogP contribution >= 0.6 is 0 Å². The molecule has 7 rings (SSSR count). The van der Waals surface area contributed by atoms with Crippen molar-refractivity contribution in [3.63, 3.8) is 0 Å². The van der Waals surface area contributed by atoms with Crippen molar-refractivity contribution in [2.45, 2.75) is 26.0 Å². The van der Waals surface area contributed by atoms with E-state index in [1.54, 1.807) is 7.11 Å². The van der Waals surface area contributed by atoms with Crippen molar-refractivity contribution < 1.29 is 23.9 Å². The van der Waals surface area contributed by atoms with Gasteiger partial charge >= 0.3 is 0 Å². The summed E-state index contributed by atoms with van der Waals surface area (Å²) >= 11 is 0. The summed E-state index contributed by atoms with van der Waals surface area (Å²) in [6, 6.07) is 27.7. The highest BCUT2D eigenvalue weighted by Crippen LogP contribution is 2.46. The first-order valence-electron chi connectivity index (χ1n) is 13.0. The number of hydrogen-bond acceptors (Lipinski definition) is 4. The van der Waals surface area contributed by atoms with E-state index in [1.807, 2.05) is 12.1 Å². The number of methoxy groups -OCH3 is 1. The quantitative estimate of drug-likeness (QED) is 0.307. The van der Waals surface area contributed by atoms with Crippen LogP contribution in [0.25, 0.3) is 33.2 Å². The number of benzene rings is 4. The Balaban J connectivity index is 1.35. The van der Waals surface area contributed by atoms with Gasteiger partial charge in [-0.15, -0.1) is 0 Å². The standard InChI is InChI=1S/C33H28NO4/c1-36-32-25(19-35)12-11-24-16-29-31-26(15-21-7-9-23(10-8-21)22-5-3-2-4-6-22)17-30-33(38-20-37-30)27(31)13-14-34(29)18-28(24)32/h2-12,16-18,35H,13-15,19-20H2,1H3/q+1. The van der Waals surface area contributed by atoms with Gasteiger partial charge in [-0.3, -0.25) is 0 Å². The number of aromatic nitrogens is 1. The van der Waals surface area contributed by atoms with E-state index in [0.29, 0.717) is 0 Å². The Bertz CT molecular complexity index is 1680. The molecule has 0 amide bonds. The van der Waals surface area contributed by atoms with Crippen LogP contribution in [0, 0.1) is 0 Å². The molecule has 1 aromatic heterocycles. The molecular formula is C33H28NO4+. The molecule has 0 unspecified atom stereocenters. The number of ether oxygens (including phenoxy) is 3. The lowest BCUT2D eigenvalue weighted by Crippen LogP contribution is -2.40. The monoisotopic (exact) mass is 502 g/mol. The highest BCUT2D eigenvalue weighted by Gasteiger charge is 2.33. The fourth-order valence-electron chi connectivity index (χ4n) is 5.91. The van der Waals surface area contributed by atoms with Gasteiger partial charge in [0.2, 0.25) is 12.5 Å². The first-order valence-corrected chi connectivity index (χ1v) is 13.0. The number of rotatable bonds is 5. The van der Waals surface area contributed by atoms with Gasteiger partial charge in [-0.25, -0.2) is 0 Å².